The Kier molecular flexibility index (Phi) is 9.99. The number of hydrogen-bond donors (Lipinski definition) is 2. The predicted octanol–water partition coefficient (Wildman–Crippen LogP) is 2.41. The lowest BCUT2D eigenvalue weighted by molar-refractivity contribution is 0.0927. The summed E-state index contributed by atoms with van der Waals surface area (Å²) in [6, 6.07) is 13.9. The van der Waals surface area contributed by atoms with Gasteiger partial charge in [0.05, 0.1) is 12.8 Å². The molecule has 1 fully saturated rings. The van der Waals surface area contributed by atoms with Crippen LogP contribution in [0, 0.1) is 0 Å². The number of benzene rings is 1. The number of hydrogen-bond acceptors (Lipinski definition) is 4. The number of nitrogens with one attached hydrogen (secondary N) is 2. The molecule has 2 heterocycles. The van der Waals surface area contributed by atoms with E-state index in [4.69, 9.17) is 4.42 Å². The maximum atomic E-state index is 11.9. The summed E-state index contributed by atoms with van der Waals surface area (Å²) < 4.78 is 5.09. The normalized spacial score (nSPS) is 14.9. The van der Waals surface area contributed by atoms with Gasteiger partial charge in [-0.1, -0.05) is 30.3 Å². The molecule has 0 spiro atoms. The standard InChI is InChI=1S/C21H29N5O2.HI/c1-2-22-21(24-11-10-23-20(27)19-9-6-16-28-19)26-14-12-25(13-15-26)17-18-7-4-3-5-8-18;/h3-9,16H,2,10-15,17H2,1H3,(H,22,24)(H,23,27);1H. The van der Waals surface area contributed by atoms with E-state index in [0.717, 1.165) is 45.2 Å². The van der Waals surface area contributed by atoms with Crippen LogP contribution in [0.1, 0.15) is 23.0 Å². The van der Waals surface area contributed by atoms with Gasteiger partial charge in [0.2, 0.25) is 0 Å². The molecule has 0 atom stereocenters. The van der Waals surface area contributed by atoms with E-state index in [1.807, 2.05) is 0 Å². The van der Waals surface area contributed by atoms with Crippen LogP contribution in [-0.2, 0) is 6.54 Å². The highest BCUT2D eigenvalue weighted by atomic mass is 127. The molecule has 1 amide bonds. The Bertz CT molecular complexity index is 744. The summed E-state index contributed by atoms with van der Waals surface area (Å²) >= 11 is 0. The van der Waals surface area contributed by atoms with Gasteiger partial charge in [0.15, 0.2) is 11.7 Å². The first-order valence-corrected chi connectivity index (χ1v) is 9.87. The van der Waals surface area contributed by atoms with Crippen LogP contribution in [0.25, 0.3) is 0 Å². The maximum absolute atomic E-state index is 11.9. The highest BCUT2D eigenvalue weighted by Gasteiger charge is 2.19. The number of guanidine groups is 1. The van der Waals surface area contributed by atoms with E-state index in [0.29, 0.717) is 18.8 Å². The molecule has 29 heavy (non-hydrogen) atoms. The number of nitrogens with zero attached hydrogens (tertiary/aromatic N) is 3. The SMILES string of the molecule is CCNC(=NCCNC(=O)c1ccco1)N1CCN(Cc2ccccc2)CC1.I. The fourth-order valence-corrected chi connectivity index (χ4v) is 3.21. The molecule has 0 unspecified atom stereocenters. The van der Waals surface area contributed by atoms with Gasteiger partial charge in [0.25, 0.3) is 5.91 Å². The number of carbonyl (C=O) groups excluding carboxylic acids is 1. The second kappa shape index (κ2) is 12.5. The minimum absolute atomic E-state index is 0. The number of aliphatic imine (C=N–C) groups is 1. The molecule has 0 bridgehead atoms. The monoisotopic (exact) mass is 511 g/mol. The zero-order valence-electron chi connectivity index (χ0n) is 16.8. The van der Waals surface area contributed by atoms with Gasteiger partial charge in [-0.05, 0) is 24.6 Å². The minimum atomic E-state index is -0.209. The third-order valence-corrected chi connectivity index (χ3v) is 4.66. The Hall–Kier alpha value is -2.07. The number of piperazine rings is 1. The quantitative estimate of drug-likeness (QED) is 0.259. The number of furan rings is 1. The summed E-state index contributed by atoms with van der Waals surface area (Å²) in [6.45, 7) is 8.78. The van der Waals surface area contributed by atoms with Crippen molar-refractivity contribution in [1.29, 1.82) is 0 Å². The smallest absolute Gasteiger partial charge is 0.287 e. The molecule has 2 N–H and O–H groups in total. The highest BCUT2D eigenvalue weighted by molar-refractivity contribution is 14.0. The van der Waals surface area contributed by atoms with Gasteiger partial charge in [0, 0.05) is 45.8 Å². The fraction of sp³-hybridized carbons (Fsp3) is 0.429. The average Bonchev–Trinajstić information content (AvgIpc) is 3.27. The van der Waals surface area contributed by atoms with Crippen LogP contribution in [0.2, 0.25) is 0 Å². The molecule has 3 rings (SSSR count). The summed E-state index contributed by atoms with van der Waals surface area (Å²) in [4.78, 5) is 21.3. The number of rotatable bonds is 7. The van der Waals surface area contributed by atoms with Crippen molar-refractivity contribution in [3.63, 3.8) is 0 Å². The Morgan fingerprint density at radius 3 is 2.48 bits per heavy atom. The van der Waals surface area contributed by atoms with E-state index in [1.54, 1.807) is 12.1 Å². The van der Waals surface area contributed by atoms with Crippen molar-refractivity contribution in [2.75, 3.05) is 45.8 Å². The summed E-state index contributed by atoms with van der Waals surface area (Å²) in [5.41, 5.74) is 1.35. The molecule has 0 saturated carbocycles. The van der Waals surface area contributed by atoms with E-state index in [1.165, 1.54) is 11.8 Å². The van der Waals surface area contributed by atoms with Gasteiger partial charge in [-0.3, -0.25) is 14.7 Å². The van der Waals surface area contributed by atoms with Crippen LogP contribution in [0.3, 0.4) is 0 Å². The molecular formula is C21H30IN5O2. The van der Waals surface area contributed by atoms with Crippen molar-refractivity contribution >= 4 is 35.8 Å². The molecule has 158 valence electrons. The molecule has 1 saturated heterocycles. The van der Waals surface area contributed by atoms with Crippen molar-refractivity contribution in [2.24, 2.45) is 4.99 Å². The third kappa shape index (κ3) is 7.36. The molecule has 0 aliphatic carbocycles. The molecule has 7 nitrogen and oxygen atoms in total. The van der Waals surface area contributed by atoms with Crippen molar-refractivity contribution in [3.05, 3.63) is 60.1 Å². The van der Waals surface area contributed by atoms with Crippen LogP contribution in [0.5, 0.6) is 0 Å². The van der Waals surface area contributed by atoms with Gasteiger partial charge in [-0.15, -0.1) is 24.0 Å². The first-order chi connectivity index (χ1) is 13.8. The summed E-state index contributed by atoms with van der Waals surface area (Å²) in [6.07, 6.45) is 1.49. The van der Waals surface area contributed by atoms with Crippen LogP contribution < -0.4 is 10.6 Å². The van der Waals surface area contributed by atoms with Crippen LogP contribution in [-0.4, -0.2) is 67.5 Å². The van der Waals surface area contributed by atoms with Gasteiger partial charge in [-0.25, -0.2) is 0 Å². The molecule has 8 heteroatoms. The van der Waals surface area contributed by atoms with Crippen LogP contribution >= 0.6 is 24.0 Å². The molecule has 1 aromatic carbocycles. The molecule has 0 radical (unpaired) electrons. The van der Waals surface area contributed by atoms with Crippen LogP contribution in [0.4, 0.5) is 0 Å². The molecule has 1 aliphatic heterocycles. The van der Waals surface area contributed by atoms with Crippen LogP contribution in [0.15, 0.2) is 58.1 Å². The minimum Gasteiger partial charge on any atom is -0.459 e. The Balaban J connectivity index is 0.00000300. The lowest BCUT2D eigenvalue weighted by Gasteiger charge is -2.36. The topological polar surface area (TPSA) is 73.1 Å². The zero-order valence-corrected chi connectivity index (χ0v) is 19.2. The Morgan fingerprint density at radius 1 is 1.07 bits per heavy atom. The first kappa shape index (κ1) is 23.2. The second-order valence-corrected chi connectivity index (χ2v) is 6.72. The lowest BCUT2D eigenvalue weighted by atomic mass is 10.2. The van der Waals surface area contributed by atoms with E-state index in [9.17, 15) is 4.79 Å². The summed E-state index contributed by atoms with van der Waals surface area (Å²) in [5.74, 6) is 1.03. The number of carbonyl (C=O) groups is 1. The van der Waals surface area contributed by atoms with Gasteiger partial charge in [0.1, 0.15) is 0 Å². The Labute approximate surface area is 189 Å². The molecule has 1 aromatic heterocycles. The second-order valence-electron chi connectivity index (χ2n) is 6.72. The van der Waals surface area contributed by atoms with Gasteiger partial charge in [-0.2, -0.15) is 0 Å². The molecular weight excluding hydrogens is 481 g/mol. The number of amides is 1. The maximum Gasteiger partial charge on any atom is 0.287 e. The highest BCUT2D eigenvalue weighted by Crippen LogP contribution is 2.08. The third-order valence-electron chi connectivity index (χ3n) is 4.66. The fourth-order valence-electron chi connectivity index (χ4n) is 3.21. The summed E-state index contributed by atoms with van der Waals surface area (Å²) in [5, 5.41) is 6.18. The van der Waals surface area contributed by atoms with Crippen molar-refractivity contribution in [1.82, 2.24) is 20.4 Å². The predicted molar refractivity (Wildman–Crippen MR) is 126 cm³/mol. The zero-order chi connectivity index (χ0) is 19.6. The van der Waals surface area contributed by atoms with Crippen molar-refractivity contribution in [3.8, 4) is 0 Å². The molecule has 2 aromatic rings. The molecule has 1 aliphatic rings. The van der Waals surface area contributed by atoms with Gasteiger partial charge < -0.3 is 20.0 Å². The lowest BCUT2D eigenvalue weighted by Crippen LogP contribution is -2.52. The first-order valence-electron chi connectivity index (χ1n) is 9.87. The summed E-state index contributed by atoms with van der Waals surface area (Å²) in [7, 11) is 0. The van der Waals surface area contributed by atoms with E-state index in [2.05, 4.69) is 62.7 Å². The van der Waals surface area contributed by atoms with Gasteiger partial charge >= 0.3 is 0 Å². The van der Waals surface area contributed by atoms with E-state index >= 15 is 0 Å². The van der Waals surface area contributed by atoms with E-state index < -0.39 is 0 Å². The van der Waals surface area contributed by atoms with E-state index in [-0.39, 0.29) is 29.9 Å². The average molecular weight is 511 g/mol. The number of halogens is 1. The Morgan fingerprint density at radius 2 is 1.83 bits per heavy atom. The van der Waals surface area contributed by atoms with Crippen molar-refractivity contribution in [2.45, 2.75) is 13.5 Å². The van der Waals surface area contributed by atoms with Crippen molar-refractivity contribution < 1.29 is 9.21 Å². The largest absolute Gasteiger partial charge is 0.459 e.